The number of hydrogen-bond donors (Lipinski definition) is 4. The van der Waals surface area contributed by atoms with Crippen molar-refractivity contribution in [3.8, 4) is 0 Å². The highest BCUT2D eigenvalue weighted by Crippen LogP contribution is 2.21. The predicted molar refractivity (Wildman–Crippen MR) is 108 cm³/mol. The van der Waals surface area contributed by atoms with Gasteiger partial charge in [0.05, 0.1) is 6.10 Å². The number of hydrogen-bond acceptors (Lipinski definition) is 4. The monoisotopic (exact) mass is 390 g/mol. The van der Waals surface area contributed by atoms with Gasteiger partial charge in [-0.3, -0.25) is 4.79 Å². The molecule has 2 atom stereocenters. The minimum absolute atomic E-state index is 0. The van der Waals surface area contributed by atoms with Crippen LogP contribution in [-0.4, -0.2) is 30.7 Å². The summed E-state index contributed by atoms with van der Waals surface area (Å²) in [5, 5.41) is 8.29. The number of amides is 3. The molecular weight excluding hydrogens is 368 g/mol. The molecule has 0 unspecified atom stereocenters. The van der Waals surface area contributed by atoms with Crippen molar-refractivity contribution in [1.82, 2.24) is 0 Å². The van der Waals surface area contributed by atoms with Crippen molar-refractivity contribution in [2.24, 2.45) is 5.73 Å². The average molecular weight is 391 g/mol. The van der Waals surface area contributed by atoms with Crippen molar-refractivity contribution in [1.29, 1.82) is 0 Å². The van der Waals surface area contributed by atoms with Crippen LogP contribution < -0.4 is 21.7 Å². The lowest BCUT2D eigenvalue weighted by Gasteiger charge is -2.13. The van der Waals surface area contributed by atoms with Crippen molar-refractivity contribution < 1.29 is 14.3 Å². The van der Waals surface area contributed by atoms with Crippen LogP contribution in [0.15, 0.2) is 54.6 Å². The minimum atomic E-state index is -0.460. The summed E-state index contributed by atoms with van der Waals surface area (Å²) >= 11 is 0. The first-order valence-corrected chi connectivity index (χ1v) is 8.53. The molecule has 144 valence electrons. The lowest BCUT2D eigenvalue weighted by atomic mass is 10.2. The molecule has 0 spiro atoms. The Hall–Kier alpha value is -2.61. The molecule has 1 fully saturated rings. The van der Waals surface area contributed by atoms with E-state index in [1.807, 2.05) is 18.2 Å². The third kappa shape index (κ3) is 5.96. The van der Waals surface area contributed by atoms with Crippen molar-refractivity contribution in [3.63, 3.8) is 0 Å². The summed E-state index contributed by atoms with van der Waals surface area (Å²) in [6.45, 7) is 0.426. The molecule has 27 heavy (non-hydrogen) atoms. The van der Waals surface area contributed by atoms with Crippen molar-refractivity contribution in [2.75, 3.05) is 22.5 Å². The number of benzene rings is 2. The molecule has 3 amide bonds. The Morgan fingerprint density at radius 2 is 1.44 bits per heavy atom. The zero-order valence-corrected chi connectivity index (χ0v) is 15.5. The Morgan fingerprint density at radius 1 is 0.889 bits per heavy atom. The van der Waals surface area contributed by atoms with E-state index in [-0.39, 0.29) is 30.4 Å². The van der Waals surface area contributed by atoms with Gasteiger partial charge in [0.25, 0.3) is 5.91 Å². The van der Waals surface area contributed by atoms with Gasteiger partial charge in [0, 0.05) is 23.6 Å². The summed E-state index contributed by atoms with van der Waals surface area (Å²) in [6.07, 6.45) is 0.972. The molecule has 0 bridgehead atoms. The van der Waals surface area contributed by atoms with Crippen molar-refractivity contribution in [2.45, 2.75) is 25.0 Å². The van der Waals surface area contributed by atoms with Crippen LogP contribution in [0.5, 0.6) is 0 Å². The largest absolute Gasteiger partial charge is 0.364 e. The van der Waals surface area contributed by atoms with Crippen LogP contribution in [0.1, 0.15) is 12.8 Å². The number of halogens is 1. The minimum Gasteiger partial charge on any atom is -0.364 e. The zero-order valence-electron chi connectivity index (χ0n) is 14.7. The molecule has 0 aliphatic carbocycles. The highest BCUT2D eigenvalue weighted by Gasteiger charge is 2.29. The molecule has 3 rings (SSSR count). The van der Waals surface area contributed by atoms with Crippen LogP contribution >= 0.6 is 12.4 Å². The van der Waals surface area contributed by atoms with Gasteiger partial charge < -0.3 is 26.4 Å². The smallest absolute Gasteiger partial charge is 0.323 e. The second kappa shape index (κ2) is 9.91. The van der Waals surface area contributed by atoms with Crippen LogP contribution in [0, 0.1) is 0 Å². The van der Waals surface area contributed by atoms with Gasteiger partial charge in [-0.2, -0.15) is 0 Å². The summed E-state index contributed by atoms with van der Waals surface area (Å²) in [6, 6.07) is 15.7. The van der Waals surface area contributed by atoms with Gasteiger partial charge in [-0.15, -0.1) is 12.4 Å². The third-order valence-electron chi connectivity index (χ3n) is 4.10. The summed E-state index contributed by atoms with van der Waals surface area (Å²) < 4.78 is 5.58. The number of para-hydroxylation sites is 1. The normalized spacial score (nSPS) is 18.3. The average Bonchev–Trinajstić information content (AvgIpc) is 3.13. The number of carbonyl (C=O) groups excluding carboxylic acids is 2. The first-order valence-electron chi connectivity index (χ1n) is 8.53. The van der Waals surface area contributed by atoms with Gasteiger partial charge in [0.1, 0.15) is 6.10 Å². The van der Waals surface area contributed by atoms with Gasteiger partial charge >= 0.3 is 6.03 Å². The van der Waals surface area contributed by atoms with Crippen molar-refractivity contribution in [3.05, 3.63) is 54.6 Å². The quantitative estimate of drug-likeness (QED) is 0.629. The molecule has 1 heterocycles. The molecule has 1 aliphatic rings. The summed E-state index contributed by atoms with van der Waals surface area (Å²) in [4.78, 5) is 24.1. The maximum atomic E-state index is 12.2. The molecule has 2 aromatic rings. The van der Waals surface area contributed by atoms with E-state index in [9.17, 15) is 9.59 Å². The third-order valence-corrected chi connectivity index (χ3v) is 4.10. The zero-order chi connectivity index (χ0) is 18.4. The second-order valence-corrected chi connectivity index (χ2v) is 6.07. The molecule has 2 aromatic carbocycles. The van der Waals surface area contributed by atoms with Gasteiger partial charge in [-0.05, 0) is 49.2 Å². The molecule has 0 aromatic heterocycles. The Labute approximate surface area is 164 Å². The molecule has 0 radical (unpaired) electrons. The van der Waals surface area contributed by atoms with E-state index in [1.165, 1.54) is 0 Å². The molecule has 0 saturated carbocycles. The van der Waals surface area contributed by atoms with E-state index < -0.39 is 6.10 Å². The molecule has 1 saturated heterocycles. The summed E-state index contributed by atoms with van der Waals surface area (Å²) in [7, 11) is 0. The lowest BCUT2D eigenvalue weighted by Crippen LogP contribution is -2.29. The number of anilines is 3. The number of nitrogens with one attached hydrogen (secondary N) is 3. The van der Waals surface area contributed by atoms with E-state index in [4.69, 9.17) is 10.5 Å². The van der Waals surface area contributed by atoms with E-state index in [1.54, 1.807) is 36.4 Å². The number of urea groups is 1. The molecule has 5 N–H and O–H groups in total. The number of carbonyl (C=O) groups is 2. The fourth-order valence-corrected chi connectivity index (χ4v) is 2.75. The van der Waals surface area contributed by atoms with Gasteiger partial charge in [0.2, 0.25) is 0 Å². The topological polar surface area (TPSA) is 105 Å². The first kappa shape index (κ1) is 20.7. The Balaban J connectivity index is 0.00000261. The van der Waals surface area contributed by atoms with Crippen molar-refractivity contribution >= 4 is 41.4 Å². The Bertz CT molecular complexity index is 755. The van der Waals surface area contributed by atoms with Gasteiger partial charge in [-0.1, -0.05) is 18.2 Å². The van der Waals surface area contributed by atoms with Gasteiger partial charge in [-0.25, -0.2) is 4.79 Å². The van der Waals surface area contributed by atoms with Crippen LogP contribution in [0.25, 0.3) is 0 Å². The van der Waals surface area contributed by atoms with E-state index in [0.717, 1.165) is 6.42 Å². The second-order valence-electron chi connectivity index (χ2n) is 6.07. The Kier molecular flexibility index (Phi) is 7.60. The maximum absolute atomic E-state index is 12.2. The van der Waals surface area contributed by atoms with Crippen LogP contribution in [0.3, 0.4) is 0 Å². The Morgan fingerprint density at radius 3 is 2.00 bits per heavy atom. The molecule has 8 heteroatoms. The molecule has 7 nitrogen and oxygen atoms in total. The highest BCUT2D eigenvalue weighted by atomic mass is 35.5. The summed E-state index contributed by atoms with van der Waals surface area (Å²) in [5.41, 5.74) is 7.53. The van der Waals surface area contributed by atoms with E-state index in [2.05, 4.69) is 16.0 Å². The fourth-order valence-electron chi connectivity index (χ4n) is 2.75. The van der Waals surface area contributed by atoms with Gasteiger partial charge in [0.15, 0.2) is 0 Å². The first-order chi connectivity index (χ1) is 12.6. The SMILES string of the molecule is Cl.NC[C@H]1CC[C@@H](C(=O)Nc2ccc(NC(=O)Nc3ccccc3)cc2)O1. The van der Waals surface area contributed by atoms with Crippen LogP contribution in [0.2, 0.25) is 0 Å². The van der Waals surface area contributed by atoms with E-state index in [0.29, 0.717) is 30.0 Å². The highest BCUT2D eigenvalue weighted by molar-refractivity contribution is 6.00. The predicted octanol–water partition coefficient (Wildman–Crippen LogP) is 3.20. The molecular formula is C19H23ClN4O3. The summed E-state index contributed by atoms with van der Waals surface area (Å²) in [5.74, 6) is -0.177. The molecule has 1 aliphatic heterocycles. The lowest BCUT2D eigenvalue weighted by molar-refractivity contribution is -0.126. The fraction of sp³-hybridized carbons (Fsp3) is 0.263. The van der Waals surface area contributed by atoms with E-state index >= 15 is 0 Å². The number of rotatable bonds is 5. The maximum Gasteiger partial charge on any atom is 0.323 e. The van der Waals surface area contributed by atoms with Crippen LogP contribution in [0.4, 0.5) is 21.9 Å². The standard InChI is InChI=1S/C19H22N4O3.ClH/c20-12-16-10-11-17(26-16)18(24)21-14-6-8-15(9-7-14)23-19(25)22-13-4-2-1-3-5-13;/h1-9,16-17H,10-12,20H2,(H,21,24)(H2,22,23,25);1H/t16-,17+;/m1./s1. The number of nitrogens with two attached hydrogens (primary N) is 1. The number of ether oxygens (including phenoxy) is 1. The van der Waals surface area contributed by atoms with Crippen LogP contribution in [-0.2, 0) is 9.53 Å².